The number of nitro benzene ring substituents is 1. The molecule has 0 fully saturated rings. The highest BCUT2D eigenvalue weighted by Gasteiger charge is 2.28. The summed E-state index contributed by atoms with van der Waals surface area (Å²) in [6.45, 7) is 3.40. The van der Waals surface area contributed by atoms with Crippen LogP contribution in [0, 0.1) is 17.0 Å². The lowest BCUT2D eigenvalue weighted by atomic mass is 10.1. The van der Waals surface area contributed by atoms with Crippen molar-refractivity contribution in [3.8, 4) is 5.75 Å². The van der Waals surface area contributed by atoms with Gasteiger partial charge in [0.25, 0.3) is 11.6 Å². The van der Waals surface area contributed by atoms with Crippen LogP contribution in [0.15, 0.2) is 18.2 Å². The van der Waals surface area contributed by atoms with Crippen molar-refractivity contribution in [1.82, 2.24) is 0 Å². The molecular weight excluding hydrogens is 384 g/mol. The van der Waals surface area contributed by atoms with Crippen LogP contribution < -0.4 is 10.1 Å². The number of amides is 1. The van der Waals surface area contributed by atoms with Gasteiger partial charge in [-0.05, 0) is 50.3 Å². The molecule has 28 heavy (non-hydrogen) atoms. The third-order valence-electron chi connectivity index (χ3n) is 4.38. The molecule has 2 aromatic rings. The average molecular weight is 404 g/mol. The van der Waals surface area contributed by atoms with E-state index in [1.165, 1.54) is 29.5 Å². The van der Waals surface area contributed by atoms with Gasteiger partial charge in [-0.15, -0.1) is 11.3 Å². The highest BCUT2D eigenvalue weighted by molar-refractivity contribution is 7.17. The summed E-state index contributed by atoms with van der Waals surface area (Å²) >= 11 is 1.40. The summed E-state index contributed by atoms with van der Waals surface area (Å²) in [6, 6.07) is 4.17. The molecule has 1 aliphatic rings. The van der Waals surface area contributed by atoms with Crippen molar-refractivity contribution < 1.29 is 24.0 Å². The summed E-state index contributed by atoms with van der Waals surface area (Å²) in [5.74, 6) is -0.451. The molecular formula is C19H20N2O6S. The fourth-order valence-electron chi connectivity index (χ4n) is 3.13. The predicted octanol–water partition coefficient (Wildman–Crippen LogP) is 3.65. The second-order valence-electron chi connectivity index (χ2n) is 6.33. The van der Waals surface area contributed by atoms with Crippen LogP contribution in [0.25, 0.3) is 0 Å². The van der Waals surface area contributed by atoms with Gasteiger partial charge in [-0.2, -0.15) is 0 Å². The third kappa shape index (κ3) is 4.14. The molecule has 0 saturated carbocycles. The van der Waals surface area contributed by atoms with Gasteiger partial charge in [-0.3, -0.25) is 14.9 Å². The van der Waals surface area contributed by atoms with Gasteiger partial charge in [-0.1, -0.05) is 0 Å². The van der Waals surface area contributed by atoms with Crippen molar-refractivity contribution in [3.63, 3.8) is 0 Å². The van der Waals surface area contributed by atoms with Gasteiger partial charge in [0, 0.05) is 17.0 Å². The summed E-state index contributed by atoms with van der Waals surface area (Å²) < 4.78 is 10.6. The largest absolute Gasteiger partial charge is 0.483 e. The van der Waals surface area contributed by atoms with Crippen LogP contribution in [0.2, 0.25) is 0 Å². The zero-order valence-electron chi connectivity index (χ0n) is 15.6. The van der Waals surface area contributed by atoms with E-state index in [-0.39, 0.29) is 18.9 Å². The number of hydrogen-bond donors (Lipinski definition) is 1. The molecule has 0 saturated heterocycles. The highest BCUT2D eigenvalue weighted by atomic mass is 32.1. The molecule has 0 bridgehead atoms. The highest BCUT2D eigenvalue weighted by Crippen LogP contribution is 2.39. The number of carbonyl (C=O) groups is 2. The van der Waals surface area contributed by atoms with Gasteiger partial charge in [0.1, 0.15) is 10.8 Å². The molecule has 0 spiro atoms. The topological polar surface area (TPSA) is 108 Å². The molecule has 8 nitrogen and oxygen atoms in total. The van der Waals surface area contributed by atoms with Gasteiger partial charge < -0.3 is 14.8 Å². The number of fused-ring (bicyclic) bond motifs is 1. The Kier molecular flexibility index (Phi) is 5.93. The molecule has 1 aromatic carbocycles. The minimum Gasteiger partial charge on any atom is -0.483 e. The number of nitrogens with one attached hydrogen (secondary N) is 1. The predicted molar refractivity (Wildman–Crippen MR) is 104 cm³/mol. The summed E-state index contributed by atoms with van der Waals surface area (Å²) in [5, 5.41) is 14.0. The standard InChI is InChI=1S/C19H20N2O6S/c1-3-26-19(23)17-13-5-4-6-15(13)28-18(17)20-16(22)10-27-14-8-7-12(21(24)25)9-11(14)2/h7-9H,3-6,10H2,1-2H3,(H,20,22). The number of thiophene rings is 1. The van der Waals surface area contributed by atoms with Crippen LogP contribution in [0.4, 0.5) is 10.7 Å². The van der Waals surface area contributed by atoms with Crippen LogP contribution in [-0.4, -0.2) is 30.0 Å². The van der Waals surface area contributed by atoms with E-state index in [2.05, 4.69) is 5.32 Å². The summed E-state index contributed by atoms with van der Waals surface area (Å²) in [7, 11) is 0. The Morgan fingerprint density at radius 1 is 1.32 bits per heavy atom. The Morgan fingerprint density at radius 2 is 2.11 bits per heavy atom. The molecule has 148 valence electrons. The van der Waals surface area contributed by atoms with E-state index in [1.807, 2.05) is 0 Å². The van der Waals surface area contributed by atoms with Crippen LogP contribution in [-0.2, 0) is 22.4 Å². The van der Waals surface area contributed by atoms with Crippen LogP contribution in [0.1, 0.15) is 39.7 Å². The number of non-ortho nitro benzene ring substituents is 1. The van der Waals surface area contributed by atoms with Gasteiger partial charge in [0.2, 0.25) is 0 Å². The molecule has 0 aliphatic heterocycles. The van der Waals surface area contributed by atoms with Crippen LogP contribution in [0.5, 0.6) is 5.75 Å². The first-order valence-electron chi connectivity index (χ1n) is 8.90. The zero-order chi connectivity index (χ0) is 20.3. The van der Waals surface area contributed by atoms with E-state index in [0.29, 0.717) is 21.9 Å². The van der Waals surface area contributed by atoms with Crippen molar-refractivity contribution in [1.29, 1.82) is 0 Å². The summed E-state index contributed by atoms with van der Waals surface area (Å²) in [6.07, 6.45) is 2.68. The maximum absolute atomic E-state index is 12.3. The van der Waals surface area contributed by atoms with E-state index in [9.17, 15) is 19.7 Å². The van der Waals surface area contributed by atoms with Gasteiger partial charge in [-0.25, -0.2) is 4.79 Å². The molecule has 0 unspecified atom stereocenters. The quantitative estimate of drug-likeness (QED) is 0.429. The normalized spacial score (nSPS) is 12.4. The maximum Gasteiger partial charge on any atom is 0.341 e. The lowest BCUT2D eigenvalue weighted by molar-refractivity contribution is -0.384. The lowest BCUT2D eigenvalue weighted by Gasteiger charge is -2.10. The Morgan fingerprint density at radius 3 is 2.79 bits per heavy atom. The van der Waals surface area contributed by atoms with Crippen LogP contribution in [0.3, 0.4) is 0 Å². The number of benzene rings is 1. The van der Waals surface area contributed by atoms with Gasteiger partial charge in [0.15, 0.2) is 6.61 Å². The number of anilines is 1. The SMILES string of the molecule is CCOC(=O)c1c(NC(=O)COc2ccc([N+](=O)[O-])cc2C)sc2c1CCC2. The Hall–Kier alpha value is -2.94. The Labute approximate surface area is 165 Å². The van der Waals surface area contributed by atoms with E-state index >= 15 is 0 Å². The van der Waals surface area contributed by atoms with Gasteiger partial charge in [0.05, 0.1) is 17.1 Å². The number of aryl methyl sites for hydroxylation is 2. The minimum absolute atomic E-state index is 0.0403. The van der Waals surface area contributed by atoms with Crippen molar-refractivity contribution in [2.24, 2.45) is 0 Å². The fourth-order valence-corrected chi connectivity index (χ4v) is 4.42. The van der Waals surface area contributed by atoms with Crippen molar-refractivity contribution >= 4 is 33.9 Å². The monoisotopic (exact) mass is 404 g/mol. The lowest BCUT2D eigenvalue weighted by Crippen LogP contribution is -2.21. The Balaban J connectivity index is 1.69. The molecule has 3 rings (SSSR count). The fraction of sp³-hybridized carbons (Fsp3) is 0.368. The average Bonchev–Trinajstić information content (AvgIpc) is 3.21. The second kappa shape index (κ2) is 8.39. The first-order valence-corrected chi connectivity index (χ1v) is 9.71. The number of nitrogens with zero attached hydrogens (tertiary/aromatic N) is 1. The molecule has 1 amide bonds. The summed E-state index contributed by atoms with van der Waals surface area (Å²) in [5.41, 5.74) is 1.93. The number of esters is 1. The molecule has 0 radical (unpaired) electrons. The van der Waals surface area contributed by atoms with Crippen molar-refractivity contribution in [2.75, 3.05) is 18.5 Å². The molecule has 0 atom stereocenters. The maximum atomic E-state index is 12.3. The van der Waals surface area contributed by atoms with E-state index in [4.69, 9.17) is 9.47 Å². The van der Waals surface area contributed by atoms with E-state index in [0.717, 1.165) is 29.7 Å². The first-order chi connectivity index (χ1) is 13.4. The molecule has 1 N–H and O–H groups in total. The minimum atomic E-state index is -0.490. The Bertz CT molecular complexity index is 937. The second-order valence-corrected chi connectivity index (χ2v) is 7.43. The number of rotatable bonds is 7. The molecule has 1 heterocycles. The number of ether oxygens (including phenoxy) is 2. The number of nitro groups is 1. The number of hydrogen-bond acceptors (Lipinski definition) is 7. The first kappa shape index (κ1) is 19.8. The van der Waals surface area contributed by atoms with E-state index in [1.54, 1.807) is 13.8 Å². The third-order valence-corrected chi connectivity index (χ3v) is 5.59. The van der Waals surface area contributed by atoms with Gasteiger partial charge >= 0.3 is 5.97 Å². The van der Waals surface area contributed by atoms with Crippen molar-refractivity contribution in [3.05, 3.63) is 49.9 Å². The zero-order valence-corrected chi connectivity index (χ0v) is 16.4. The number of carbonyl (C=O) groups excluding carboxylic acids is 2. The smallest absolute Gasteiger partial charge is 0.341 e. The molecule has 9 heteroatoms. The van der Waals surface area contributed by atoms with Crippen LogP contribution >= 0.6 is 11.3 Å². The molecule has 1 aliphatic carbocycles. The van der Waals surface area contributed by atoms with E-state index < -0.39 is 16.8 Å². The van der Waals surface area contributed by atoms with Crippen molar-refractivity contribution in [2.45, 2.75) is 33.1 Å². The molecule has 1 aromatic heterocycles. The summed E-state index contributed by atoms with van der Waals surface area (Å²) in [4.78, 5) is 36.1.